The van der Waals surface area contributed by atoms with Crippen LogP contribution in [0, 0.1) is 6.92 Å². The second-order valence-electron chi connectivity index (χ2n) is 6.16. The normalized spacial score (nSPS) is 20.9. The molecule has 1 aromatic rings. The second kappa shape index (κ2) is 4.67. The minimum atomic E-state index is -0.233. The molecule has 104 valence electrons. The highest BCUT2D eigenvalue weighted by Crippen LogP contribution is 2.35. The lowest BCUT2D eigenvalue weighted by molar-refractivity contribution is -0.134. The standard InChI is InChI=1S/C15H22N2O2/c1-11-3-6-13(19-11)10-17(12-4-5-12)14(18)9-15(16)7-2-8-15/h3,6,12H,2,4-5,7-10,16H2,1H3. The van der Waals surface area contributed by atoms with Crippen molar-refractivity contribution in [1.29, 1.82) is 0 Å². The summed E-state index contributed by atoms with van der Waals surface area (Å²) in [6, 6.07) is 4.31. The summed E-state index contributed by atoms with van der Waals surface area (Å²) >= 11 is 0. The molecule has 0 radical (unpaired) electrons. The molecule has 0 atom stereocenters. The molecule has 1 amide bonds. The average Bonchev–Trinajstić information content (AvgIpc) is 3.08. The van der Waals surface area contributed by atoms with Gasteiger partial charge in [0.05, 0.1) is 6.54 Å². The van der Waals surface area contributed by atoms with Crippen LogP contribution in [0.15, 0.2) is 16.5 Å². The van der Waals surface area contributed by atoms with Crippen molar-refractivity contribution >= 4 is 5.91 Å². The summed E-state index contributed by atoms with van der Waals surface area (Å²) < 4.78 is 5.59. The molecule has 2 fully saturated rings. The Bertz CT molecular complexity index is 472. The summed E-state index contributed by atoms with van der Waals surface area (Å²) in [7, 11) is 0. The summed E-state index contributed by atoms with van der Waals surface area (Å²) in [5, 5.41) is 0. The molecule has 0 aromatic carbocycles. The Hall–Kier alpha value is -1.29. The van der Waals surface area contributed by atoms with E-state index in [1.54, 1.807) is 0 Å². The predicted octanol–water partition coefficient (Wildman–Crippen LogP) is 2.35. The van der Waals surface area contributed by atoms with Gasteiger partial charge in [0.2, 0.25) is 5.91 Å². The molecule has 19 heavy (non-hydrogen) atoms. The highest BCUT2D eigenvalue weighted by atomic mass is 16.3. The molecule has 0 unspecified atom stereocenters. The maximum Gasteiger partial charge on any atom is 0.225 e. The minimum Gasteiger partial charge on any atom is -0.464 e. The lowest BCUT2D eigenvalue weighted by Gasteiger charge is -2.39. The van der Waals surface area contributed by atoms with Gasteiger partial charge in [-0.2, -0.15) is 0 Å². The fraction of sp³-hybridized carbons (Fsp3) is 0.667. The molecule has 0 aliphatic heterocycles. The van der Waals surface area contributed by atoms with Gasteiger partial charge in [-0.1, -0.05) is 0 Å². The van der Waals surface area contributed by atoms with E-state index in [9.17, 15) is 4.79 Å². The largest absolute Gasteiger partial charge is 0.464 e. The van der Waals surface area contributed by atoms with Crippen LogP contribution < -0.4 is 5.73 Å². The molecule has 4 nitrogen and oxygen atoms in total. The number of carbonyl (C=O) groups excluding carboxylic acids is 1. The third kappa shape index (κ3) is 2.84. The van der Waals surface area contributed by atoms with Gasteiger partial charge >= 0.3 is 0 Å². The molecule has 1 aromatic heterocycles. The van der Waals surface area contributed by atoms with Crippen molar-refractivity contribution in [1.82, 2.24) is 4.90 Å². The highest BCUT2D eigenvalue weighted by Gasteiger charge is 2.39. The van der Waals surface area contributed by atoms with Crippen LogP contribution in [-0.4, -0.2) is 22.4 Å². The molecule has 0 saturated heterocycles. The first-order valence-electron chi connectivity index (χ1n) is 7.19. The van der Waals surface area contributed by atoms with E-state index in [1.165, 1.54) is 0 Å². The molecular formula is C15H22N2O2. The summed E-state index contributed by atoms with van der Waals surface area (Å²) in [6.07, 6.45) is 5.84. The minimum absolute atomic E-state index is 0.193. The van der Waals surface area contributed by atoms with Gasteiger partial charge in [-0.3, -0.25) is 4.79 Å². The number of rotatable bonds is 5. The number of amides is 1. The van der Waals surface area contributed by atoms with Crippen LogP contribution in [0.2, 0.25) is 0 Å². The van der Waals surface area contributed by atoms with Crippen molar-refractivity contribution in [3.8, 4) is 0 Å². The predicted molar refractivity (Wildman–Crippen MR) is 72.4 cm³/mol. The summed E-state index contributed by atoms with van der Waals surface area (Å²) in [5.41, 5.74) is 5.96. The van der Waals surface area contributed by atoms with Crippen LogP contribution in [-0.2, 0) is 11.3 Å². The molecule has 2 saturated carbocycles. The smallest absolute Gasteiger partial charge is 0.225 e. The molecule has 2 aliphatic rings. The van der Waals surface area contributed by atoms with E-state index in [-0.39, 0.29) is 11.4 Å². The molecule has 1 heterocycles. The molecule has 2 N–H and O–H groups in total. The van der Waals surface area contributed by atoms with Crippen LogP contribution in [0.4, 0.5) is 0 Å². The maximum atomic E-state index is 12.4. The first kappa shape index (κ1) is 12.7. The third-order valence-electron chi connectivity index (χ3n) is 4.28. The Kier molecular flexibility index (Phi) is 3.13. The quantitative estimate of drug-likeness (QED) is 0.886. The zero-order valence-corrected chi connectivity index (χ0v) is 11.5. The van der Waals surface area contributed by atoms with Crippen molar-refractivity contribution in [3.63, 3.8) is 0 Å². The van der Waals surface area contributed by atoms with Gasteiger partial charge < -0.3 is 15.1 Å². The lowest BCUT2D eigenvalue weighted by atomic mass is 9.75. The Morgan fingerprint density at radius 2 is 2.21 bits per heavy atom. The van der Waals surface area contributed by atoms with Crippen molar-refractivity contribution in [2.45, 2.75) is 63.6 Å². The highest BCUT2D eigenvalue weighted by molar-refractivity contribution is 5.78. The number of nitrogens with two attached hydrogens (primary N) is 1. The van der Waals surface area contributed by atoms with Crippen molar-refractivity contribution in [2.24, 2.45) is 5.73 Å². The Balaban J connectivity index is 1.65. The first-order valence-corrected chi connectivity index (χ1v) is 7.19. The van der Waals surface area contributed by atoms with Gasteiger partial charge in [0.25, 0.3) is 0 Å². The van der Waals surface area contributed by atoms with Crippen LogP contribution in [0.1, 0.15) is 50.0 Å². The number of aryl methyl sites for hydroxylation is 1. The van der Waals surface area contributed by atoms with E-state index in [0.29, 0.717) is 19.0 Å². The molecule has 0 spiro atoms. The van der Waals surface area contributed by atoms with Crippen LogP contribution in [0.25, 0.3) is 0 Å². The van der Waals surface area contributed by atoms with Crippen molar-refractivity contribution in [2.75, 3.05) is 0 Å². The van der Waals surface area contributed by atoms with Gasteiger partial charge in [0, 0.05) is 18.0 Å². The van der Waals surface area contributed by atoms with Gasteiger partial charge in [-0.15, -0.1) is 0 Å². The van der Waals surface area contributed by atoms with E-state index >= 15 is 0 Å². The van der Waals surface area contributed by atoms with Gasteiger partial charge in [-0.25, -0.2) is 0 Å². The second-order valence-corrected chi connectivity index (χ2v) is 6.16. The lowest BCUT2D eigenvalue weighted by Crippen LogP contribution is -2.50. The Labute approximate surface area is 113 Å². The molecule has 0 bridgehead atoms. The number of hydrogen-bond acceptors (Lipinski definition) is 3. The van der Waals surface area contributed by atoms with E-state index in [2.05, 4.69) is 0 Å². The molecular weight excluding hydrogens is 240 g/mol. The van der Waals surface area contributed by atoms with Crippen LogP contribution in [0.3, 0.4) is 0 Å². The monoisotopic (exact) mass is 262 g/mol. The Morgan fingerprint density at radius 3 is 2.68 bits per heavy atom. The first-order chi connectivity index (χ1) is 9.06. The van der Waals surface area contributed by atoms with Crippen molar-refractivity contribution in [3.05, 3.63) is 23.7 Å². The SMILES string of the molecule is Cc1ccc(CN(C(=O)CC2(N)CCC2)C2CC2)o1. The molecule has 4 heteroatoms. The topological polar surface area (TPSA) is 59.5 Å². The van der Waals surface area contributed by atoms with E-state index in [1.807, 2.05) is 24.0 Å². The van der Waals surface area contributed by atoms with E-state index in [4.69, 9.17) is 10.2 Å². The average molecular weight is 262 g/mol. The fourth-order valence-electron chi connectivity index (χ4n) is 2.76. The van der Waals surface area contributed by atoms with Gasteiger partial charge in [0.1, 0.15) is 11.5 Å². The number of carbonyl (C=O) groups is 1. The summed E-state index contributed by atoms with van der Waals surface area (Å²) in [5.74, 6) is 1.96. The van der Waals surface area contributed by atoms with E-state index < -0.39 is 0 Å². The summed E-state index contributed by atoms with van der Waals surface area (Å²) in [4.78, 5) is 14.4. The third-order valence-corrected chi connectivity index (χ3v) is 4.28. The van der Waals surface area contributed by atoms with Gasteiger partial charge in [0.15, 0.2) is 0 Å². The van der Waals surface area contributed by atoms with Gasteiger partial charge in [-0.05, 0) is 51.2 Å². The number of nitrogens with zero attached hydrogens (tertiary/aromatic N) is 1. The van der Waals surface area contributed by atoms with Crippen molar-refractivity contribution < 1.29 is 9.21 Å². The zero-order chi connectivity index (χ0) is 13.5. The Morgan fingerprint density at radius 1 is 1.47 bits per heavy atom. The van der Waals surface area contributed by atoms with Crippen LogP contribution in [0.5, 0.6) is 0 Å². The van der Waals surface area contributed by atoms with Crippen LogP contribution >= 0.6 is 0 Å². The molecule has 2 aliphatic carbocycles. The van der Waals surface area contributed by atoms with E-state index in [0.717, 1.165) is 43.6 Å². The maximum absolute atomic E-state index is 12.4. The number of hydrogen-bond donors (Lipinski definition) is 1. The number of furan rings is 1. The zero-order valence-electron chi connectivity index (χ0n) is 11.5. The molecule has 3 rings (SSSR count). The summed E-state index contributed by atoms with van der Waals surface area (Å²) in [6.45, 7) is 2.52. The fourth-order valence-corrected chi connectivity index (χ4v) is 2.76.